The Labute approximate surface area is 103 Å². The number of carbonyl (C=O) groups is 1. The molecule has 3 nitrogen and oxygen atoms in total. The van der Waals surface area contributed by atoms with E-state index in [2.05, 4.69) is 0 Å². The van der Waals surface area contributed by atoms with Crippen LogP contribution in [0.2, 0.25) is 0 Å². The summed E-state index contributed by atoms with van der Waals surface area (Å²) in [5, 5.41) is 0. The normalized spacial score (nSPS) is 30.6. The van der Waals surface area contributed by atoms with Gasteiger partial charge in [-0.2, -0.15) is 0 Å². The maximum atomic E-state index is 11.4. The summed E-state index contributed by atoms with van der Waals surface area (Å²) in [7, 11) is -0.369. The Morgan fingerprint density at radius 3 is 2.12 bits per heavy atom. The molecule has 2 aliphatic rings. The highest BCUT2D eigenvalue weighted by Crippen LogP contribution is 2.39. The minimum absolute atomic E-state index is 0.0889. The lowest BCUT2D eigenvalue weighted by Crippen LogP contribution is -2.41. The molecule has 0 radical (unpaired) electrons. The van der Waals surface area contributed by atoms with E-state index in [0.717, 1.165) is 5.47 Å². The zero-order valence-electron chi connectivity index (χ0n) is 11.1. The molecule has 2 rings (SSSR count). The van der Waals surface area contributed by atoms with Crippen LogP contribution in [-0.2, 0) is 14.1 Å². The van der Waals surface area contributed by atoms with Gasteiger partial charge in [0.2, 0.25) is 0 Å². The number of carbonyl (C=O) groups excluding carboxylic acids is 1. The summed E-state index contributed by atoms with van der Waals surface area (Å²) in [5.74, 6) is 0.0410. The van der Waals surface area contributed by atoms with Crippen molar-refractivity contribution in [1.82, 2.24) is 0 Å². The van der Waals surface area contributed by atoms with Gasteiger partial charge in [0.1, 0.15) is 0 Å². The summed E-state index contributed by atoms with van der Waals surface area (Å²) in [6, 6.07) is 0. The van der Waals surface area contributed by atoms with Gasteiger partial charge in [0, 0.05) is 5.92 Å². The van der Waals surface area contributed by atoms with Crippen molar-refractivity contribution in [2.45, 2.75) is 45.8 Å². The van der Waals surface area contributed by atoms with Crippen LogP contribution >= 0.6 is 0 Å². The van der Waals surface area contributed by atoms with Crippen molar-refractivity contribution in [2.75, 3.05) is 0 Å². The second-order valence-electron chi connectivity index (χ2n) is 5.78. The van der Waals surface area contributed by atoms with Crippen LogP contribution in [0.1, 0.15) is 34.6 Å². The number of rotatable bonds is 1. The number of allylic oxidation sites excluding steroid dienone is 4. The first-order valence-corrected chi connectivity index (χ1v) is 6.02. The van der Waals surface area contributed by atoms with Crippen LogP contribution in [0.25, 0.3) is 0 Å². The first kappa shape index (κ1) is 12.6. The van der Waals surface area contributed by atoms with E-state index < -0.39 is 0 Å². The Morgan fingerprint density at radius 2 is 1.65 bits per heavy atom. The molecule has 0 spiro atoms. The van der Waals surface area contributed by atoms with Crippen molar-refractivity contribution in [3.8, 4) is 0 Å². The maximum absolute atomic E-state index is 11.4. The molecule has 0 bridgehead atoms. The predicted octanol–water partition coefficient (Wildman–Crippen LogP) is 2.32. The topological polar surface area (TPSA) is 35.5 Å². The van der Waals surface area contributed by atoms with E-state index in [0.29, 0.717) is 0 Å². The van der Waals surface area contributed by atoms with E-state index in [1.54, 1.807) is 12.2 Å². The van der Waals surface area contributed by atoms with Gasteiger partial charge in [-0.15, -0.1) is 0 Å². The third kappa shape index (κ3) is 2.12. The number of hydrogen-bond donors (Lipinski definition) is 0. The highest BCUT2D eigenvalue weighted by Gasteiger charge is 2.52. The van der Waals surface area contributed by atoms with Gasteiger partial charge in [0.05, 0.1) is 11.2 Å². The van der Waals surface area contributed by atoms with E-state index in [4.69, 9.17) is 9.31 Å². The zero-order chi connectivity index (χ0) is 12.8. The van der Waals surface area contributed by atoms with Gasteiger partial charge in [-0.3, -0.25) is 4.79 Å². The van der Waals surface area contributed by atoms with Crippen LogP contribution in [0.4, 0.5) is 0 Å². The van der Waals surface area contributed by atoms with Crippen molar-refractivity contribution >= 4 is 12.9 Å². The van der Waals surface area contributed by atoms with Gasteiger partial charge >= 0.3 is 7.12 Å². The maximum Gasteiger partial charge on any atom is 0.494 e. The average molecular weight is 234 g/mol. The molecule has 1 aliphatic heterocycles. The lowest BCUT2D eigenvalue weighted by molar-refractivity contribution is -0.116. The molecule has 1 heterocycles. The zero-order valence-corrected chi connectivity index (χ0v) is 11.1. The summed E-state index contributed by atoms with van der Waals surface area (Å²) in [5.41, 5.74) is 0.268. The van der Waals surface area contributed by atoms with Crippen LogP contribution in [0.5, 0.6) is 0 Å². The van der Waals surface area contributed by atoms with E-state index in [-0.39, 0.29) is 30.0 Å². The minimum Gasteiger partial charge on any atom is -0.399 e. The molecule has 0 aromatic heterocycles. The van der Waals surface area contributed by atoms with Crippen LogP contribution in [0, 0.1) is 5.92 Å². The summed E-state index contributed by atoms with van der Waals surface area (Å²) in [6.45, 7) is 9.98. The van der Waals surface area contributed by atoms with Crippen LogP contribution < -0.4 is 0 Å². The first-order valence-electron chi connectivity index (χ1n) is 6.02. The van der Waals surface area contributed by atoms with Crippen molar-refractivity contribution in [1.29, 1.82) is 0 Å². The second-order valence-corrected chi connectivity index (χ2v) is 5.78. The predicted molar refractivity (Wildman–Crippen MR) is 67.5 cm³/mol. The second kappa shape index (κ2) is 3.82. The molecule has 1 aliphatic carbocycles. The third-order valence-electron chi connectivity index (χ3n) is 3.86. The molecular weight excluding hydrogens is 215 g/mol. The van der Waals surface area contributed by atoms with Crippen LogP contribution in [0.3, 0.4) is 0 Å². The van der Waals surface area contributed by atoms with E-state index in [1.807, 2.05) is 40.7 Å². The van der Waals surface area contributed by atoms with Crippen molar-refractivity contribution < 1.29 is 14.1 Å². The fraction of sp³-hybridized carbons (Fsp3) is 0.615. The molecule has 0 aromatic rings. The van der Waals surface area contributed by atoms with Crippen molar-refractivity contribution in [3.05, 3.63) is 23.7 Å². The highest BCUT2D eigenvalue weighted by molar-refractivity contribution is 6.56. The van der Waals surface area contributed by atoms with Gasteiger partial charge in [0.25, 0.3) is 0 Å². The monoisotopic (exact) mass is 234 g/mol. The van der Waals surface area contributed by atoms with Crippen molar-refractivity contribution in [3.63, 3.8) is 0 Å². The molecule has 1 unspecified atom stereocenters. The van der Waals surface area contributed by atoms with Crippen LogP contribution in [-0.4, -0.2) is 24.1 Å². The van der Waals surface area contributed by atoms with Crippen molar-refractivity contribution in [2.24, 2.45) is 5.92 Å². The quantitative estimate of drug-likeness (QED) is 0.653. The Bertz CT molecular complexity index is 391. The molecular formula is C13H19BO3. The fourth-order valence-corrected chi connectivity index (χ4v) is 1.89. The molecule has 92 valence electrons. The summed E-state index contributed by atoms with van der Waals surface area (Å²) < 4.78 is 11.9. The molecule has 0 N–H and O–H groups in total. The van der Waals surface area contributed by atoms with E-state index in [1.165, 1.54) is 0 Å². The summed E-state index contributed by atoms with van der Waals surface area (Å²) in [6.07, 6.45) is 5.32. The molecule has 17 heavy (non-hydrogen) atoms. The fourth-order valence-electron chi connectivity index (χ4n) is 1.89. The summed E-state index contributed by atoms with van der Waals surface area (Å²) >= 11 is 0. The standard InChI is InChI=1S/C13H19BO3/c1-9-8-10(6-7-11(9)15)14-16-12(2,3)13(4,5)17-14/h6-9H,1-5H3. The Balaban J connectivity index is 2.20. The molecule has 1 fully saturated rings. The molecule has 0 saturated carbocycles. The molecule has 0 aromatic carbocycles. The Morgan fingerprint density at radius 1 is 1.12 bits per heavy atom. The van der Waals surface area contributed by atoms with Gasteiger partial charge < -0.3 is 9.31 Å². The molecule has 1 saturated heterocycles. The lowest BCUT2D eigenvalue weighted by Gasteiger charge is -2.32. The molecule has 0 amide bonds. The summed E-state index contributed by atoms with van der Waals surface area (Å²) in [4.78, 5) is 11.4. The first-order chi connectivity index (χ1) is 7.73. The number of ketones is 1. The van der Waals surface area contributed by atoms with Gasteiger partial charge in [-0.1, -0.05) is 19.1 Å². The Kier molecular flexibility index (Phi) is 2.83. The van der Waals surface area contributed by atoms with Gasteiger partial charge in [0.15, 0.2) is 5.78 Å². The largest absolute Gasteiger partial charge is 0.494 e. The molecule has 1 atom stereocenters. The third-order valence-corrected chi connectivity index (χ3v) is 3.86. The minimum atomic E-state index is -0.369. The lowest BCUT2D eigenvalue weighted by atomic mass is 9.74. The van der Waals surface area contributed by atoms with E-state index in [9.17, 15) is 4.79 Å². The van der Waals surface area contributed by atoms with Crippen LogP contribution in [0.15, 0.2) is 23.7 Å². The Hall–Kier alpha value is -0.865. The number of hydrogen-bond acceptors (Lipinski definition) is 3. The highest BCUT2D eigenvalue weighted by atomic mass is 16.7. The van der Waals surface area contributed by atoms with Gasteiger partial charge in [-0.05, 0) is 39.2 Å². The SMILES string of the molecule is CC1C=C(B2OC(C)(C)C(C)(C)O2)C=CC1=O. The molecule has 4 heteroatoms. The van der Waals surface area contributed by atoms with E-state index >= 15 is 0 Å². The smallest absolute Gasteiger partial charge is 0.399 e. The van der Waals surface area contributed by atoms with Gasteiger partial charge in [-0.25, -0.2) is 0 Å². The average Bonchev–Trinajstić information content (AvgIpc) is 2.41.